The third-order valence-corrected chi connectivity index (χ3v) is 5.28. The van der Waals surface area contributed by atoms with Gasteiger partial charge in [0.05, 0.1) is 10.0 Å². The fourth-order valence-electron chi connectivity index (χ4n) is 2.80. The standard InChI is InChI=1S/C21H24Cl2N2O2/c1-13(2)19(24-20(26)16-10-6-5-8-14(16)3)21(27)25(4)12-15-9-7-11-17(22)18(15)23/h5-11,13,19H,12H2,1-4H3,(H,24,26)/t19-/m0/s1. The number of amides is 2. The van der Waals surface area contributed by atoms with Crippen molar-refractivity contribution in [2.45, 2.75) is 33.4 Å². The highest BCUT2D eigenvalue weighted by atomic mass is 35.5. The first-order valence-corrected chi connectivity index (χ1v) is 9.52. The first-order valence-electron chi connectivity index (χ1n) is 8.76. The highest BCUT2D eigenvalue weighted by molar-refractivity contribution is 6.42. The van der Waals surface area contributed by atoms with E-state index in [1.54, 1.807) is 36.2 Å². The SMILES string of the molecule is Cc1ccccc1C(=O)N[C@H](C(=O)N(C)Cc1cccc(Cl)c1Cl)C(C)C. The summed E-state index contributed by atoms with van der Waals surface area (Å²) in [4.78, 5) is 27.2. The molecule has 0 spiro atoms. The van der Waals surface area contributed by atoms with Gasteiger partial charge in [0.2, 0.25) is 5.91 Å². The predicted octanol–water partition coefficient (Wildman–Crippen LogP) is 4.71. The lowest BCUT2D eigenvalue weighted by atomic mass is 10.0. The highest BCUT2D eigenvalue weighted by Crippen LogP contribution is 2.26. The van der Waals surface area contributed by atoms with E-state index in [0.717, 1.165) is 11.1 Å². The van der Waals surface area contributed by atoms with Gasteiger partial charge in [0.15, 0.2) is 0 Å². The summed E-state index contributed by atoms with van der Waals surface area (Å²) in [5.41, 5.74) is 2.19. The molecular weight excluding hydrogens is 383 g/mol. The molecular formula is C21H24Cl2N2O2. The fourth-order valence-corrected chi connectivity index (χ4v) is 3.18. The van der Waals surface area contributed by atoms with Gasteiger partial charge in [0, 0.05) is 19.2 Å². The smallest absolute Gasteiger partial charge is 0.252 e. The Bertz CT molecular complexity index is 837. The van der Waals surface area contributed by atoms with Gasteiger partial charge in [-0.25, -0.2) is 0 Å². The minimum atomic E-state index is -0.639. The van der Waals surface area contributed by atoms with E-state index in [0.29, 0.717) is 22.2 Å². The molecule has 6 heteroatoms. The first-order chi connectivity index (χ1) is 12.7. The monoisotopic (exact) mass is 406 g/mol. The highest BCUT2D eigenvalue weighted by Gasteiger charge is 2.28. The third kappa shape index (κ3) is 5.24. The molecule has 0 aliphatic heterocycles. The van der Waals surface area contributed by atoms with Crippen LogP contribution in [0.5, 0.6) is 0 Å². The van der Waals surface area contributed by atoms with E-state index in [-0.39, 0.29) is 17.7 Å². The molecule has 2 rings (SSSR count). The van der Waals surface area contributed by atoms with Gasteiger partial charge < -0.3 is 10.2 Å². The van der Waals surface area contributed by atoms with Crippen LogP contribution in [-0.4, -0.2) is 29.8 Å². The summed E-state index contributed by atoms with van der Waals surface area (Å²) in [6.07, 6.45) is 0. The Hall–Kier alpha value is -2.04. The van der Waals surface area contributed by atoms with Crippen molar-refractivity contribution in [3.05, 3.63) is 69.2 Å². The third-order valence-electron chi connectivity index (χ3n) is 4.42. The van der Waals surface area contributed by atoms with Gasteiger partial charge in [-0.2, -0.15) is 0 Å². The molecule has 0 saturated heterocycles. The van der Waals surface area contributed by atoms with Crippen LogP contribution in [0.15, 0.2) is 42.5 Å². The topological polar surface area (TPSA) is 49.4 Å². The van der Waals surface area contributed by atoms with E-state index < -0.39 is 6.04 Å². The molecule has 2 aromatic carbocycles. The van der Waals surface area contributed by atoms with Gasteiger partial charge in [-0.1, -0.05) is 67.4 Å². The second-order valence-electron chi connectivity index (χ2n) is 6.92. The second kappa shape index (κ2) is 9.25. The maximum atomic E-state index is 13.0. The number of benzene rings is 2. The minimum absolute atomic E-state index is 0.0669. The Labute approximate surface area is 170 Å². The van der Waals surface area contributed by atoms with Crippen LogP contribution < -0.4 is 5.32 Å². The number of hydrogen-bond acceptors (Lipinski definition) is 2. The molecule has 0 bridgehead atoms. The molecule has 144 valence electrons. The molecule has 0 radical (unpaired) electrons. The van der Waals surface area contributed by atoms with E-state index >= 15 is 0 Å². The summed E-state index contributed by atoms with van der Waals surface area (Å²) in [6.45, 7) is 5.98. The number of nitrogens with zero attached hydrogens (tertiary/aromatic N) is 1. The summed E-state index contributed by atoms with van der Waals surface area (Å²) in [5, 5.41) is 3.76. The van der Waals surface area contributed by atoms with E-state index in [4.69, 9.17) is 23.2 Å². The van der Waals surface area contributed by atoms with Crippen LogP contribution in [0, 0.1) is 12.8 Å². The molecule has 1 atom stereocenters. The van der Waals surface area contributed by atoms with Crippen molar-refractivity contribution in [2.75, 3.05) is 7.05 Å². The van der Waals surface area contributed by atoms with Gasteiger partial charge in [-0.05, 0) is 36.1 Å². The summed E-state index contributed by atoms with van der Waals surface area (Å²) in [7, 11) is 1.69. The van der Waals surface area contributed by atoms with Gasteiger partial charge in [0.1, 0.15) is 6.04 Å². The van der Waals surface area contributed by atoms with E-state index in [9.17, 15) is 9.59 Å². The van der Waals surface area contributed by atoms with Crippen LogP contribution in [-0.2, 0) is 11.3 Å². The average molecular weight is 407 g/mol. The number of carbonyl (C=O) groups excluding carboxylic acids is 2. The average Bonchev–Trinajstić information content (AvgIpc) is 2.62. The van der Waals surface area contributed by atoms with Crippen LogP contribution in [0.2, 0.25) is 10.0 Å². The summed E-state index contributed by atoms with van der Waals surface area (Å²) in [5.74, 6) is -0.500. The van der Waals surface area contributed by atoms with Gasteiger partial charge >= 0.3 is 0 Å². The lowest BCUT2D eigenvalue weighted by Crippen LogP contribution is -2.50. The van der Waals surface area contributed by atoms with Gasteiger partial charge in [0.25, 0.3) is 5.91 Å². The summed E-state index contributed by atoms with van der Waals surface area (Å²) < 4.78 is 0. The van der Waals surface area contributed by atoms with E-state index in [2.05, 4.69) is 5.32 Å². The van der Waals surface area contributed by atoms with Crippen molar-refractivity contribution in [3.8, 4) is 0 Å². The van der Waals surface area contributed by atoms with E-state index in [1.807, 2.05) is 39.0 Å². The quantitative estimate of drug-likeness (QED) is 0.754. The zero-order valence-corrected chi connectivity index (χ0v) is 17.4. The lowest BCUT2D eigenvalue weighted by molar-refractivity contribution is -0.133. The number of hydrogen-bond donors (Lipinski definition) is 1. The van der Waals surface area contributed by atoms with Crippen molar-refractivity contribution >= 4 is 35.0 Å². The molecule has 0 aliphatic rings. The van der Waals surface area contributed by atoms with Gasteiger partial charge in [-0.15, -0.1) is 0 Å². The maximum absolute atomic E-state index is 13.0. The Balaban J connectivity index is 2.15. The van der Waals surface area contributed by atoms with Gasteiger partial charge in [-0.3, -0.25) is 9.59 Å². The molecule has 0 heterocycles. The Morgan fingerprint density at radius 1 is 1.07 bits per heavy atom. The number of likely N-dealkylation sites (N-methyl/N-ethyl adjacent to an activating group) is 1. The molecule has 1 N–H and O–H groups in total. The molecule has 2 amide bonds. The Morgan fingerprint density at radius 3 is 2.37 bits per heavy atom. The molecule has 0 saturated carbocycles. The van der Waals surface area contributed by atoms with Crippen LogP contribution in [0.1, 0.15) is 35.3 Å². The van der Waals surface area contributed by atoms with Crippen LogP contribution in [0.25, 0.3) is 0 Å². The molecule has 27 heavy (non-hydrogen) atoms. The number of rotatable bonds is 6. The normalized spacial score (nSPS) is 12.0. The van der Waals surface area contributed by atoms with Crippen molar-refractivity contribution < 1.29 is 9.59 Å². The molecule has 0 unspecified atom stereocenters. The summed E-state index contributed by atoms with van der Waals surface area (Å²) in [6, 6.07) is 12.0. The first kappa shape index (κ1) is 21.3. The van der Waals surface area contributed by atoms with Crippen molar-refractivity contribution in [1.29, 1.82) is 0 Å². The van der Waals surface area contributed by atoms with Crippen LogP contribution in [0.3, 0.4) is 0 Å². The van der Waals surface area contributed by atoms with Crippen molar-refractivity contribution in [3.63, 3.8) is 0 Å². The number of nitrogens with one attached hydrogen (secondary N) is 1. The molecule has 0 fully saturated rings. The second-order valence-corrected chi connectivity index (χ2v) is 7.70. The Morgan fingerprint density at radius 2 is 1.74 bits per heavy atom. The lowest BCUT2D eigenvalue weighted by Gasteiger charge is -2.27. The number of aryl methyl sites for hydroxylation is 1. The van der Waals surface area contributed by atoms with Crippen molar-refractivity contribution in [2.24, 2.45) is 5.92 Å². The number of carbonyl (C=O) groups is 2. The molecule has 4 nitrogen and oxygen atoms in total. The van der Waals surface area contributed by atoms with Crippen LogP contribution >= 0.6 is 23.2 Å². The summed E-state index contributed by atoms with van der Waals surface area (Å²) >= 11 is 12.3. The minimum Gasteiger partial charge on any atom is -0.340 e. The molecule has 0 aromatic heterocycles. The van der Waals surface area contributed by atoms with Crippen LogP contribution in [0.4, 0.5) is 0 Å². The number of halogens is 2. The largest absolute Gasteiger partial charge is 0.340 e. The fraction of sp³-hybridized carbons (Fsp3) is 0.333. The Kier molecular flexibility index (Phi) is 7.28. The molecule has 0 aliphatic carbocycles. The zero-order chi connectivity index (χ0) is 20.1. The molecule has 2 aromatic rings. The van der Waals surface area contributed by atoms with Crippen molar-refractivity contribution in [1.82, 2.24) is 10.2 Å². The zero-order valence-electron chi connectivity index (χ0n) is 15.9. The maximum Gasteiger partial charge on any atom is 0.252 e. The van der Waals surface area contributed by atoms with E-state index in [1.165, 1.54) is 0 Å². The predicted molar refractivity (Wildman–Crippen MR) is 110 cm³/mol.